The zero-order valence-electron chi connectivity index (χ0n) is 11.2. The molecule has 0 radical (unpaired) electrons. The summed E-state index contributed by atoms with van der Waals surface area (Å²) in [5.41, 5.74) is 0. The van der Waals surface area contributed by atoms with Gasteiger partial charge in [-0.25, -0.2) is 4.39 Å². The van der Waals surface area contributed by atoms with Crippen LogP contribution in [0.3, 0.4) is 0 Å². The van der Waals surface area contributed by atoms with Crippen LogP contribution in [0.25, 0.3) is 0 Å². The zero-order valence-corrected chi connectivity index (χ0v) is 11.2. The molecule has 0 N–H and O–H groups in total. The molecule has 2 aromatic rings. The maximum Gasteiger partial charge on any atom is 0.123 e. The van der Waals surface area contributed by atoms with Crippen LogP contribution in [0.2, 0.25) is 0 Å². The van der Waals surface area contributed by atoms with E-state index in [2.05, 4.69) is 4.90 Å². The van der Waals surface area contributed by atoms with E-state index < -0.39 is 0 Å². The van der Waals surface area contributed by atoms with Gasteiger partial charge in [0.1, 0.15) is 17.3 Å². The van der Waals surface area contributed by atoms with E-state index in [-0.39, 0.29) is 11.9 Å². The molecule has 1 aromatic carbocycles. The van der Waals surface area contributed by atoms with Gasteiger partial charge >= 0.3 is 0 Å². The molecule has 0 aliphatic heterocycles. The molecule has 0 bridgehead atoms. The Labute approximate surface area is 112 Å². The van der Waals surface area contributed by atoms with E-state index >= 15 is 0 Å². The molecule has 1 atom stereocenters. The van der Waals surface area contributed by atoms with Crippen LogP contribution in [-0.2, 0) is 0 Å². The first-order valence-electron chi connectivity index (χ1n) is 6.25. The topological polar surface area (TPSA) is 25.6 Å². The lowest BCUT2D eigenvalue weighted by Crippen LogP contribution is -2.21. The van der Waals surface area contributed by atoms with Gasteiger partial charge in [-0.2, -0.15) is 0 Å². The van der Waals surface area contributed by atoms with Gasteiger partial charge in [0.2, 0.25) is 0 Å². The number of furan rings is 1. The van der Waals surface area contributed by atoms with Gasteiger partial charge in [-0.05, 0) is 50.5 Å². The van der Waals surface area contributed by atoms with Crippen LogP contribution < -0.4 is 4.74 Å². The van der Waals surface area contributed by atoms with E-state index in [1.165, 1.54) is 12.1 Å². The highest BCUT2D eigenvalue weighted by molar-refractivity contribution is 5.22. The van der Waals surface area contributed by atoms with E-state index in [1.54, 1.807) is 18.4 Å². The Bertz CT molecular complexity index is 479. The summed E-state index contributed by atoms with van der Waals surface area (Å²) in [6.45, 7) is 0.551. The fraction of sp³-hybridized carbons (Fsp3) is 0.333. The second-order valence-electron chi connectivity index (χ2n) is 4.59. The molecule has 0 spiro atoms. The fourth-order valence-electron chi connectivity index (χ4n) is 1.96. The van der Waals surface area contributed by atoms with Gasteiger partial charge in [-0.1, -0.05) is 0 Å². The van der Waals surface area contributed by atoms with E-state index in [0.29, 0.717) is 12.4 Å². The Kier molecular flexibility index (Phi) is 4.58. The van der Waals surface area contributed by atoms with Gasteiger partial charge in [0.15, 0.2) is 0 Å². The molecule has 4 heteroatoms. The smallest absolute Gasteiger partial charge is 0.123 e. The summed E-state index contributed by atoms with van der Waals surface area (Å²) in [7, 11) is 4.01. The number of halogens is 1. The molecule has 0 aliphatic carbocycles. The minimum absolute atomic E-state index is 0.176. The minimum atomic E-state index is -0.255. The monoisotopic (exact) mass is 263 g/mol. The van der Waals surface area contributed by atoms with Gasteiger partial charge in [-0.15, -0.1) is 0 Å². The van der Waals surface area contributed by atoms with Crippen LogP contribution in [0.15, 0.2) is 47.1 Å². The maximum absolute atomic E-state index is 12.8. The molecule has 0 fully saturated rings. The predicted molar refractivity (Wildman–Crippen MR) is 71.6 cm³/mol. The normalized spacial score (nSPS) is 12.6. The van der Waals surface area contributed by atoms with Gasteiger partial charge in [0.05, 0.1) is 18.9 Å². The Hall–Kier alpha value is -1.81. The number of hydrogen-bond donors (Lipinski definition) is 0. The average molecular weight is 263 g/mol. The van der Waals surface area contributed by atoms with E-state index in [1.807, 2.05) is 26.2 Å². The Morgan fingerprint density at radius 2 is 1.95 bits per heavy atom. The summed E-state index contributed by atoms with van der Waals surface area (Å²) in [4.78, 5) is 2.09. The van der Waals surface area contributed by atoms with Crippen LogP contribution in [0, 0.1) is 5.82 Å². The molecule has 0 saturated carbocycles. The number of hydrogen-bond acceptors (Lipinski definition) is 3. The Morgan fingerprint density at radius 3 is 2.53 bits per heavy atom. The average Bonchev–Trinajstić information content (AvgIpc) is 2.90. The molecule has 1 unspecified atom stereocenters. The van der Waals surface area contributed by atoms with E-state index in [0.717, 1.165) is 12.2 Å². The largest absolute Gasteiger partial charge is 0.494 e. The summed E-state index contributed by atoms with van der Waals surface area (Å²) < 4.78 is 23.8. The van der Waals surface area contributed by atoms with Crippen molar-refractivity contribution in [2.45, 2.75) is 12.5 Å². The van der Waals surface area contributed by atoms with Gasteiger partial charge in [0, 0.05) is 6.42 Å². The zero-order chi connectivity index (χ0) is 13.7. The molecule has 0 saturated heterocycles. The summed E-state index contributed by atoms with van der Waals surface area (Å²) in [6.07, 6.45) is 2.48. The van der Waals surface area contributed by atoms with Gasteiger partial charge < -0.3 is 9.15 Å². The molecule has 3 nitrogen and oxygen atoms in total. The van der Waals surface area contributed by atoms with Crippen molar-refractivity contribution >= 4 is 0 Å². The van der Waals surface area contributed by atoms with Crippen LogP contribution in [0.4, 0.5) is 4.39 Å². The molecule has 19 heavy (non-hydrogen) atoms. The molecule has 0 aliphatic rings. The SMILES string of the molecule is CN(C)C(CCOc1ccc(F)cc1)c1ccco1. The lowest BCUT2D eigenvalue weighted by atomic mass is 10.1. The second kappa shape index (κ2) is 6.38. The molecular weight excluding hydrogens is 245 g/mol. The molecule has 2 rings (SSSR count). The molecular formula is C15H18FNO2. The lowest BCUT2D eigenvalue weighted by Gasteiger charge is -2.22. The number of nitrogens with zero attached hydrogens (tertiary/aromatic N) is 1. The van der Waals surface area contributed by atoms with Crippen LogP contribution in [0.1, 0.15) is 18.2 Å². The van der Waals surface area contributed by atoms with Crippen molar-refractivity contribution in [3.63, 3.8) is 0 Å². The summed E-state index contributed by atoms with van der Waals surface area (Å²) in [5.74, 6) is 1.35. The standard InChI is InChI=1S/C15H18FNO2/c1-17(2)14(15-4-3-10-19-15)9-11-18-13-7-5-12(16)6-8-13/h3-8,10,14H,9,11H2,1-2H3. The molecule has 1 heterocycles. The highest BCUT2D eigenvalue weighted by atomic mass is 19.1. The van der Waals surface area contributed by atoms with Crippen LogP contribution >= 0.6 is 0 Å². The van der Waals surface area contributed by atoms with Crippen molar-refractivity contribution in [1.29, 1.82) is 0 Å². The highest BCUT2D eigenvalue weighted by Crippen LogP contribution is 2.22. The summed E-state index contributed by atoms with van der Waals surface area (Å²) in [5, 5.41) is 0. The van der Waals surface area contributed by atoms with Crippen molar-refractivity contribution in [2.75, 3.05) is 20.7 Å². The third kappa shape index (κ3) is 3.83. The van der Waals surface area contributed by atoms with Gasteiger partial charge in [-0.3, -0.25) is 4.90 Å². The van der Waals surface area contributed by atoms with E-state index in [4.69, 9.17) is 9.15 Å². The van der Waals surface area contributed by atoms with Crippen molar-refractivity contribution in [1.82, 2.24) is 4.90 Å². The third-order valence-electron chi connectivity index (χ3n) is 2.97. The molecule has 102 valence electrons. The fourth-order valence-corrected chi connectivity index (χ4v) is 1.96. The number of ether oxygens (including phenoxy) is 1. The quantitative estimate of drug-likeness (QED) is 0.797. The lowest BCUT2D eigenvalue weighted by molar-refractivity contribution is 0.201. The van der Waals surface area contributed by atoms with Crippen molar-refractivity contribution in [3.8, 4) is 5.75 Å². The van der Waals surface area contributed by atoms with Crippen molar-refractivity contribution in [2.24, 2.45) is 0 Å². The molecule has 0 amide bonds. The first-order chi connectivity index (χ1) is 9.16. The van der Waals surface area contributed by atoms with Gasteiger partial charge in [0.25, 0.3) is 0 Å². The van der Waals surface area contributed by atoms with E-state index in [9.17, 15) is 4.39 Å². The number of rotatable bonds is 6. The summed E-state index contributed by atoms with van der Waals surface area (Å²) >= 11 is 0. The van der Waals surface area contributed by atoms with Crippen LogP contribution in [-0.4, -0.2) is 25.6 Å². The minimum Gasteiger partial charge on any atom is -0.494 e. The first kappa shape index (κ1) is 13.6. The summed E-state index contributed by atoms with van der Waals surface area (Å²) in [6, 6.07) is 10.1. The Morgan fingerprint density at radius 1 is 1.21 bits per heavy atom. The third-order valence-corrected chi connectivity index (χ3v) is 2.97. The predicted octanol–water partition coefficient (Wildman–Crippen LogP) is 3.49. The Balaban J connectivity index is 1.88. The van der Waals surface area contributed by atoms with Crippen molar-refractivity contribution in [3.05, 3.63) is 54.2 Å². The second-order valence-corrected chi connectivity index (χ2v) is 4.59. The van der Waals surface area contributed by atoms with Crippen LogP contribution in [0.5, 0.6) is 5.75 Å². The molecule has 1 aromatic heterocycles. The number of benzene rings is 1. The van der Waals surface area contributed by atoms with Crippen molar-refractivity contribution < 1.29 is 13.5 Å². The highest BCUT2D eigenvalue weighted by Gasteiger charge is 2.16. The first-order valence-corrected chi connectivity index (χ1v) is 6.25. The maximum atomic E-state index is 12.8.